The minimum absolute atomic E-state index is 0.276. The van der Waals surface area contributed by atoms with Crippen LogP contribution in [-0.4, -0.2) is 29.3 Å². The predicted octanol–water partition coefficient (Wildman–Crippen LogP) is 2.64. The summed E-state index contributed by atoms with van der Waals surface area (Å²) in [5.41, 5.74) is 0.209. The molecule has 0 aromatic heterocycles. The fraction of sp³-hybridized carbons (Fsp3) is 0.533. The molecule has 102 valence electrons. The van der Waals surface area contributed by atoms with Crippen molar-refractivity contribution in [1.29, 1.82) is 5.26 Å². The SMILES string of the molecule is CCSCCC(O)C1(C#N)COc2ccccc2C1. The summed E-state index contributed by atoms with van der Waals surface area (Å²) in [4.78, 5) is 0. The Bertz CT molecular complexity index is 471. The van der Waals surface area contributed by atoms with Crippen molar-refractivity contribution in [3.05, 3.63) is 29.8 Å². The molecule has 1 aromatic carbocycles. The standard InChI is InChI=1S/C15H19NO2S/c1-2-19-8-7-14(17)15(10-16)9-12-5-3-4-6-13(12)18-11-15/h3-6,14,17H,2,7-9,11H2,1H3. The minimum atomic E-state index is -0.803. The summed E-state index contributed by atoms with van der Waals surface area (Å²) in [6.45, 7) is 2.37. The van der Waals surface area contributed by atoms with E-state index in [-0.39, 0.29) is 6.61 Å². The molecule has 2 unspecified atom stereocenters. The van der Waals surface area contributed by atoms with Crippen LogP contribution in [0.1, 0.15) is 18.9 Å². The van der Waals surface area contributed by atoms with Crippen molar-refractivity contribution in [2.45, 2.75) is 25.9 Å². The monoisotopic (exact) mass is 277 g/mol. The molecule has 0 amide bonds. The molecule has 0 radical (unpaired) electrons. The van der Waals surface area contributed by atoms with Crippen LogP contribution >= 0.6 is 11.8 Å². The number of benzene rings is 1. The van der Waals surface area contributed by atoms with Crippen molar-refractivity contribution in [3.63, 3.8) is 0 Å². The van der Waals surface area contributed by atoms with E-state index in [1.165, 1.54) is 0 Å². The van der Waals surface area contributed by atoms with E-state index in [4.69, 9.17) is 4.74 Å². The number of rotatable bonds is 5. The van der Waals surface area contributed by atoms with Gasteiger partial charge in [0.15, 0.2) is 0 Å². The Balaban J connectivity index is 2.11. The van der Waals surface area contributed by atoms with E-state index in [2.05, 4.69) is 13.0 Å². The zero-order valence-corrected chi connectivity index (χ0v) is 11.9. The van der Waals surface area contributed by atoms with Crippen molar-refractivity contribution in [3.8, 4) is 11.8 Å². The topological polar surface area (TPSA) is 53.2 Å². The highest BCUT2D eigenvalue weighted by Crippen LogP contribution is 2.37. The molecule has 0 fully saturated rings. The molecule has 0 spiro atoms. The first-order valence-corrected chi connectivity index (χ1v) is 7.75. The Morgan fingerprint density at radius 2 is 2.32 bits per heavy atom. The second-order valence-corrected chi connectivity index (χ2v) is 6.24. The highest BCUT2D eigenvalue weighted by molar-refractivity contribution is 7.99. The maximum atomic E-state index is 10.4. The first-order chi connectivity index (χ1) is 9.22. The zero-order chi connectivity index (χ0) is 13.7. The number of ether oxygens (including phenoxy) is 1. The number of thioether (sulfide) groups is 1. The molecule has 19 heavy (non-hydrogen) atoms. The normalized spacial score (nSPS) is 23.0. The zero-order valence-electron chi connectivity index (χ0n) is 11.1. The van der Waals surface area contributed by atoms with Gasteiger partial charge in [-0.15, -0.1) is 0 Å². The lowest BCUT2D eigenvalue weighted by atomic mass is 9.76. The van der Waals surface area contributed by atoms with Gasteiger partial charge in [-0.2, -0.15) is 17.0 Å². The molecule has 2 rings (SSSR count). The number of para-hydroxylation sites is 1. The van der Waals surface area contributed by atoms with Crippen molar-refractivity contribution < 1.29 is 9.84 Å². The molecule has 3 nitrogen and oxygen atoms in total. The van der Waals surface area contributed by atoms with Crippen LogP contribution in [0, 0.1) is 16.7 Å². The lowest BCUT2D eigenvalue weighted by molar-refractivity contribution is 0.0171. The highest BCUT2D eigenvalue weighted by atomic mass is 32.2. The van der Waals surface area contributed by atoms with Crippen molar-refractivity contribution in [1.82, 2.24) is 0 Å². The third-order valence-corrected chi connectivity index (χ3v) is 4.50. The quantitative estimate of drug-likeness (QED) is 0.841. The number of fused-ring (bicyclic) bond motifs is 1. The second kappa shape index (κ2) is 6.31. The third-order valence-electron chi connectivity index (χ3n) is 3.56. The summed E-state index contributed by atoms with van der Waals surface area (Å²) >= 11 is 1.79. The van der Waals surface area contributed by atoms with Gasteiger partial charge in [-0.25, -0.2) is 0 Å². The average molecular weight is 277 g/mol. The Hall–Kier alpha value is -1.18. The van der Waals surface area contributed by atoms with Gasteiger partial charge >= 0.3 is 0 Å². The van der Waals surface area contributed by atoms with Crippen LogP contribution in [0.3, 0.4) is 0 Å². The lowest BCUT2D eigenvalue weighted by Gasteiger charge is -2.35. The molecule has 0 saturated carbocycles. The smallest absolute Gasteiger partial charge is 0.122 e. The molecule has 1 aliphatic heterocycles. The largest absolute Gasteiger partial charge is 0.492 e. The third kappa shape index (κ3) is 3.05. The summed E-state index contributed by atoms with van der Waals surface area (Å²) < 4.78 is 5.67. The van der Waals surface area contributed by atoms with E-state index >= 15 is 0 Å². The first kappa shape index (κ1) is 14.2. The predicted molar refractivity (Wildman–Crippen MR) is 77.3 cm³/mol. The van der Waals surface area contributed by atoms with Crippen LogP contribution in [0.25, 0.3) is 0 Å². The summed E-state index contributed by atoms with van der Waals surface area (Å²) in [6.07, 6.45) is 0.569. The molecule has 0 aliphatic carbocycles. The Morgan fingerprint density at radius 3 is 3.05 bits per heavy atom. The molecule has 0 bridgehead atoms. The number of aliphatic hydroxyl groups is 1. The molecule has 0 saturated heterocycles. The number of hydrogen-bond acceptors (Lipinski definition) is 4. The second-order valence-electron chi connectivity index (χ2n) is 4.84. The van der Waals surface area contributed by atoms with Gasteiger partial charge < -0.3 is 9.84 Å². The van der Waals surface area contributed by atoms with E-state index in [0.29, 0.717) is 12.8 Å². The average Bonchev–Trinajstić information content (AvgIpc) is 2.46. The fourth-order valence-electron chi connectivity index (χ4n) is 2.36. The lowest BCUT2D eigenvalue weighted by Crippen LogP contribution is -2.44. The van der Waals surface area contributed by atoms with Gasteiger partial charge in [-0.1, -0.05) is 25.1 Å². The van der Waals surface area contributed by atoms with Crippen LogP contribution in [0.5, 0.6) is 5.75 Å². The van der Waals surface area contributed by atoms with Crippen LogP contribution in [0.4, 0.5) is 0 Å². The molecule has 4 heteroatoms. The molecular formula is C15H19NO2S. The number of nitriles is 1. The molecule has 1 aromatic rings. The van der Waals surface area contributed by atoms with E-state index < -0.39 is 11.5 Å². The van der Waals surface area contributed by atoms with Crippen molar-refractivity contribution in [2.75, 3.05) is 18.1 Å². The maximum Gasteiger partial charge on any atom is 0.122 e. The van der Waals surface area contributed by atoms with Gasteiger partial charge in [0, 0.05) is 6.42 Å². The van der Waals surface area contributed by atoms with Gasteiger partial charge in [-0.05, 0) is 29.6 Å². The minimum Gasteiger partial charge on any atom is -0.492 e. The molecular weight excluding hydrogens is 258 g/mol. The molecule has 1 N–H and O–H groups in total. The van der Waals surface area contributed by atoms with Crippen LogP contribution in [0.15, 0.2) is 24.3 Å². The van der Waals surface area contributed by atoms with Gasteiger partial charge in [0.2, 0.25) is 0 Å². The van der Waals surface area contributed by atoms with Crippen LogP contribution in [-0.2, 0) is 6.42 Å². The van der Waals surface area contributed by atoms with Crippen LogP contribution in [0.2, 0.25) is 0 Å². The Labute approximate surface area is 118 Å². The number of aliphatic hydroxyl groups excluding tert-OH is 1. The van der Waals surface area contributed by atoms with E-state index in [0.717, 1.165) is 22.8 Å². The Morgan fingerprint density at radius 1 is 1.53 bits per heavy atom. The van der Waals surface area contributed by atoms with Crippen molar-refractivity contribution >= 4 is 11.8 Å². The summed E-state index contributed by atoms with van der Waals surface area (Å²) in [6, 6.07) is 10.0. The number of nitrogens with zero attached hydrogens (tertiary/aromatic N) is 1. The van der Waals surface area contributed by atoms with Gasteiger partial charge in [0.05, 0.1) is 12.2 Å². The van der Waals surface area contributed by atoms with E-state index in [1.54, 1.807) is 11.8 Å². The highest BCUT2D eigenvalue weighted by Gasteiger charge is 2.42. The summed E-state index contributed by atoms with van der Waals surface area (Å²) in [5, 5.41) is 19.9. The Kier molecular flexibility index (Phi) is 4.73. The molecule has 1 heterocycles. The van der Waals surface area contributed by atoms with Crippen molar-refractivity contribution in [2.24, 2.45) is 5.41 Å². The molecule has 2 atom stereocenters. The maximum absolute atomic E-state index is 10.4. The van der Waals surface area contributed by atoms with Gasteiger partial charge in [0.25, 0.3) is 0 Å². The number of hydrogen-bond donors (Lipinski definition) is 1. The van der Waals surface area contributed by atoms with Gasteiger partial charge in [0.1, 0.15) is 17.8 Å². The summed E-state index contributed by atoms with van der Waals surface area (Å²) in [5.74, 6) is 2.75. The first-order valence-electron chi connectivity index (χ1n) is 6.59. The van der Waals surface area contributed by atoms with E-state index in [9.17, 15) is 10.4 Å². The van der Waals surface area contributed by atoms with E-state index in [1.807, 2.05) is 24.3 Å². The molecule has 1 aliphatic rings. The van der Waals surface area contributed by atoms with Gasteiger partial charge in [-0.3, -0.25) is 0 Å². The van der Waals surface area contributed by atoms with Crippen LogP contribution < -0.4 is 4.74 Å². The fourth-order valence-corrected chi connectivity index (χ4v) is 3.04. The summed E-state index contributed by atoms with van der Waals surface area (Å²) in [7, 11) is 0.